The summed E-state index contributed by atoms with van der Waals surface area (Å²) >= 11 is 0. The van der Waals surface area contributed by atoms with Crippen LogP contribution in [-0.2, 0) is 11.3 Å². The molecule has 1 saturated heterocycles. The first kappa shape index (κ1) is 21.6. The van der Waals surface area contributed by atoms with Crippen LogP contribution in [0.5, 0.6) is 0 Å². The van der Waals surface area contributed by atoms with Crippen molar-refractivity contribution in [2.24, 2.45) is 0 Å². The summed E-state index contributed by atoms with van der Waals surface area (Å²) in [6, 6.07) is 15.2. The third-order valence-corrected chi connectivity index (χ3v) is 5.17. The predicted octanol–water partition coefficient (Wildman–Crippen LogP) is 2.85. The van der Waals surface area contributed by atoms with Crippen LogP contribution >= 0.6 is 0 Å². The van der Waals surface area contributed by atoms with Crippen LogP contribution in [0.15, 0.2) is 60.7 Å². The molecule has 6 heteroatoms. The van der Waals surface area contributed by atoms with Crippen molar-refractivity contribution >= 4 is 23.8 Å². The van der Waals surface area contributed by atoms with Crippen LogP contribution < -0.4 is 5.48 Å². The Hall–Kier alpha value is -3.06. The summed E-state index contributed by atoms with van der Waals surface area (Å²) in [4.78, 5) is 28.6. The van der Waals surface area contributed by atoms with Gasteiger partial charge in [0.25, 0.3) is 5.91 Å². The summed E-state index contributed by atoms with van der Waals surface area (Å²) in [5.74, 6) is -0.594. The molecule has 1 aliphatic rings. The summed E-state index contributed by atoms with van der Waals surface area (Å²) in [7, 11) is 2.13. The zero-order valence-corrected chi connectivity index (χ0v) is 17.1. The topological polar surface area (TPSA) is 72.9 Å². The van der Waals surface area contributed by atoms with E-state index in [9.17, 15) is 9.59 Å². The van der Waals surface area contributed by atoms with E-state index in [0.717, 1.165) is 55.0 Å². The molecule has 0 saturated carbocycles. The maximum absolute atomic E-state index is 12.8. The molecular formula is C24H27N3O3. The fraction of sp³-hybridized carbons (Fsp3) is 0.250. The van der Waals surface area contributed by atoms with Gasteiger partial charge in [-0.15, -0.1) is 0 Å². The number of hydrogen-bond donors (Lipinski definition) is 2. The van der Waals surface area contributed by atoms with Crippen LogP contribution in [0.3, 0.4) is 0 Å². The number of nitrogens with zero attached hydrogens (tertiary/aromatic N) is 2. The second kappa shape index (κ2) is 10.6. The number of ketones is 1. The number of carbonyl (C=O) groups excluding carboxylic acids is 2. The number of piperazine rings is 1. The van der Waals surface area contributed by atoms with Gasteiger partial charge in [0.05, 0.1) is 0 Å². The fourth-order valence-corrected chi connectivity index (χ4v) is 3.33. The first-order valence-corrected chi connectivity index (χ1v) is 9.98. The molecule has 0 spiro atoms. The number of benzene rings is 2. The molecule has 0 unspecified atom stereocenters. The lowest BCUT2D eigenvalue weighted by molar-refractivity contribution is -0.124. The Morgan fingerprint density at radius 2 is 1.53 bits per heavy atom. The molecule has 1 heterocycles. The van der Waals surface area contributed by atoms with E-state index in [4.69, 9.17) is 5.21 Å². The molecule has 2 aromatic rings. The van der Waals surface area contributed by atoms with Gasteiger partial charge < -0.3 is 4.90 Å². The largest absolute Gasteiger partial charge is 0.304 e. The molecule has 1 aliphatic heterocycles. The number of amides is 1. The number of allylic oxidation sites excluding steroid dienone is 1. The highest BCUT2D eigenvalue weighted by Crippen LogP contribution is 2.16. The highest BCUT2D eigenvalue weighted by Gasteiger charge is 2.16. The van der Waals surface area contributed by atoms with Gasteiger partial charge in [-0.3, -0.25) is 19.7 Å². The second-order valence-corrected chi connectivity index (χ2v) is 7.41. The predicted molar refractivity (Wildman–Crippen MR) is 118 cm³/mol. The minimum atomic E-state index is -0.584. The summed E-state index contributed by atoms with van der Waals surface area (Å²) in [5.41, 5.74) is 5.05. The van der Waals surface area contributed by atoms with E-state index in [1.165, 1.54) is 6.08 Å². The molecule has 0 aliphatic carbocycles. The van der Waals surface area contributed by atoms with E-state index >= 15 is 0 Å². The van der Waals surface area contributed by atoms with E-state index in [-0.39, 0.29) is 5.78 Å². The van der Waals surface area contributed by atoms with Crippen molar-refractivity contribution in [1.29, 1.82) is 0 Å². The number of hydroxylamine groups is 1. The van der Waals surface area contributed by atoms with Gasteiger partial charge in [0.1, 0.15) is 0 Å². The Labute approximate surface area is 177 Å². The monoisotopic (exact) mass is 405 g/mol. The maximum Gasteiger partial charge on any atom is 0.267 e. The fourth-order valence-electron chi connectivity index (χ4n) is 3.33. The first-order chi connectivity index (χ1) is 14.5. The van der Waals surface area contributed by atoms with Crippen molar-refractivity contribution < 1.29 is 14.8 Å². The van der Waals surface area contributed by atoms with E-state index < -0.39 is 5.91 Å². The molecule has 30 heavy (non-hydrogen) atoms. The van der Waals surface area contributed by atoms with Crippen molar-refractivity contribution in [3.63, 3.8) is 0 Å². The van der Waals surface area contributed by atoms with Crippen LogP contribution in [0.1, 0.15) is 27.0 Å². The summed E-state index contributed by atoms with van der Waals surface area (Å²) in [5, 5.41) is 8.50. The number of carbonyl (C=O) groups is 2. The lowest BCUT2D eigenvalue weighted by Crippen LogP contribution is -2.44. The van der Waals surface area contributed by atoms with E-state index in [1.54, 1.807) is 23.7 Å². The standard InChI is InChI=1S/C24H27N3O3/c1-26-14-16-27(17-15-26)18-21-4-2-3-5-22(21)23(28)12-10-19-6-8-20(9-7-19)11-13-24(29)25-30/h2-13,30H,14-18H2,1H3,(H,25,29)/b12-10+,13-11+. The molecule has 1 amide bonds. The zero-order valence-electron chi connectivity index (χ0n) is 17.1. The molecular weight excluding hydrogens is 378 g/mol. The van der Waals surface area contributed by atoms with Gasteiger partial charge in [-0.05, 0) is 35.9 Å². The van der Waals surface area contributed by atoms with Gasteiger partial charge >= 0.3 is 0 Å². The molecule has 1 fully saturated rings. The van der Waals surface area contributed by atoms with Gasteiger partial charge in [-0.25, -0.2) is 5.48 Å². The van der Waals surface area contributed by atoms with E-state index in [1.807, 2.05) is 48.5 Å². The summed E-state index contributed by atoms with van der Waals surface area (Å²) < 4.78 is 0. The SMILES string of the molecule is CN1CCN(Cc2ccccc2C(=O)/C=C/c2ccc(/C=C/C(=O)NO)cc2)CC1. The van der Waals surface area contributed by atoms with Crippen molar-refractivity contribution in [2.45, 2.75) is 6.54 Å². The Kier molecular flexibility index (Phi) is 7.68. The third-order valence-electron chi connectivity index (χ3n) is 5.17. The molecule has 0 bridgehead atoms. The van der Waals surface area contributed by atoms with Gasteiger partial charge in [0.15, 0.2) is 5.78 Å². The normalized spacial score (nSPS) is 15.7. The van der Waals surface area contributed by atoms with Crippen LogP contribution in [-0.4, -0.2) is 59.9 Å². The van der Waals surface area contributed by atoms with Crippen molar-refractivity contribution in [3.8, 4) is 0 Å². The zero-order chi connectivity index (χ0) is 21.3. The quantitative estimate of drug-likeness (QED) is 0.321. The summed E-state index contributed by atoms with van der Waals surface area (Å²) in [6.07, 6.45) is 6.24. The number of rotatable bonds is 7. The molecule has 0 radical (unpaired) electrons. The Morgan fingerprint density at radius 3 is 2.17 bits per heavy atom. The van der Waals surface area contributed by atoms with Gasteiger partial charge in [0.2, 0.25) is 0 Å². The van der Waals surface area contributed by atoms with E-state index in [0.29, 0.717) is 0 Å². The minimum Gasteiger partial charge on any atom is -0.304 e. The lowest BCUT2D eigenvalue weighted by atomic mass is 10.0. The van der Waals surface area contributed by atoms with Crippen LogP contribution in [0.25, 0.3) is 12.2 Å². The summed E-state index contributed by atoms with van der Waals surface area (Å²) in [6.45, 7) is 4.90. The minimum absolute atomic E-state index is 0.0108. The van der Waals surface area contributed by atoms with Gasteiger partial charge in [-0.1, -0.05) is 54.6 Å². The number of nitrogens with one attached hydrogen (secondary N) is 1. The molecule has 2 N–H and O–H groups in total. The molecule has 0 atom stereocenters. The van der Waals surface area contributed by atoms with Crippen molar-refractivity contribution in [2.75, 3.05) is 33.2 Å². The molecule has 2 aromatic carbocycles. The molecule has 156 valence electrons. The van der Waals surface area contributed by atoms with Gasteiger partial charge in [0, 0.05) is 44.4 Å². The van der Waals surface area contributed by atoms with Crippen molar-refractivity contribution in [3.05, 3.63) is 82.9 Å². The average molecular weight is 405 g/mol. The molecule has 0 aromatic heterocycles. The number of likely N-dealkylation sites (N-methyl/N-ethyl adjacent to an activating group) is 1. The third kappa shape index (κ3) is 6.22. The van der Waals surface area contributed by atoms with E-state index in [2.05, 4.69) is 16.8 Å². The molecule has 3 rings (SSSR count). The highest BCUT2D eigenvalue weighted by atomic mass is 16.5. The Bertz CT molecular complexity index is 927. The van der Waals surface area contributed by atoms with Crippen LogP contribution in [0.2, 0.25) is 0 Å². The van der Waals surface area contributed by atoms with Crippen LogP contribution in [0.4, 0.5) is 0 Å². The number of hydrogen-bond acceptors (Lipinski definition) is 5. The lowest BCUT2D eigenvalue weighted by Gasteiger charge is -2.32. The van der Waals surface area contributed by atoms with Crippen molar-refractivity contribution in [1.82, 2.24) is 15.3 Å². The van der Waals surface area contributed by atoms with Crippen LogP contribution in [0, 0.1) is 0 Å². The average Bonchev–Trinajstić information content (AvgIpc) is 2.78. The maximum atomic E-state index is 12.8. The first-order valence-electron chi connectivity index (χ1n) is 9.98. The highest BCUT2D eigenvalue weighted by molar-refractivity contribution is 6.07. The molecule has 6 nitrogen and oxygen atoms in total. The Balaban J connectivity index is 1.65. The second-order valence-electron chi connectivity index (χ2n) is 7.41. The van der Waals surface area contributed by atoms with Gasteiger partial charge in [-0.2, -0.15) is 0 Å². The smallest absolute Gasteiger partial charge is 0.267 e. The Morgan fingerprint density at radius 1 is 0.933 bits per heavy atom.